The number of hydrogen-bond donors (Lipinski definition) is 1. The molecular formula is C19H16BrClN2O2. The lowest BCUT2D eigenvalue weighted by Crippen LogP contribution is -2.39. The minimum Gasteiger partial charge on any atom is -0.378 e. The maximum absolute atomic E-state index is 12.9. The first-order valence-electron chi connectivity index (χ1n) is 8.07. The molecule has 4 rings (SSSR count). The predicted molar refractivity (Wildman–Crippen MR) is 106 cm³/mol. The summed E-state index contributed by atoms with van der Waals surface area (Å²) in [5, 5.41) is 1.67. The van der Waals surface area contributed by atoms with Crippen molar-refractivity contribution in [1.82, 2.24) is 4.98 Å². The average Bonchev–Trinajstić information content (AvgIpc) is 2.63. The van der Waals surface area contributed by atoms with Gasteiger partial charge in [-0.25, -0.2) is 0 Å². The average molecular weight is 420 g/mol. The zero-order valence-corrected chi connectivity index (χ0v) is 15.7. The molecule has 2 aromatic carbocycles. The molecule has 0 amide bonds. The van der Waals surface area contributed by atoms with Crippen molar-refractivity contribution in [3.63, 3.8) is 0 Å². The highest BCUT2D eigenvalue weighted by atomic mass is 79.9. The number of nitrogens with one attached hydrogen (secondary N) is 1. The number of ether oxygens (including phenoxy) is 1. The Labute approximate surface area is 158 Å². The van der Waals surface area contributed by atoms with Crippen molar-refractivity contribution in [2.24, 2.45) is 0 Å². The van der Waals surface area contributed by atoms with Gasteiger partial charge in [0.05, 0.1) is 13.2 Å². The van der Waals surface area contributed by atoms with Crippen LogP contribution in [0, 0.1) is 0 Å². The highest BCUT2D eigenvalue weighted by Crippen LogP contribution is 2.36. The summed E-state index contributed by atoms with van der Waals surface area (Å²) in [5.74, 6) is 0. The number of H-pyrrole nitrogens is 1. The molecule has 1 N–H and O–H groups in total. The number of fused-ring (bicyclic) bond motifs is 1. The molecule has 1 aromatic heterocycles. The standard InChI is InChI=1S/C19H16BrClN2O2/c20-13-3-6-16-15(11-13)17(12-1-4-14(21)5-2-12)18(19(24)22-16)23-7-9-25-10-8-23/h1-6,11H,7-10H2,(H,22,24). The summed E-state index contributed by atoms with van der Waals surface area (Å²) < 4.78 is 6.42. The Morgan fingerprint density at radius 2 is 1.80 bits per heavy atom. The van der Waals surface area contributed by atoms with Crippen molar-refractivity contribution in [2.45, 2.75) is 0 Å². The number of hydrogen-bond acceptors (Lipinski definition) is 3. The van der Waals surface area contributed by atoms with E-state index in [0.717, 1.165) is 26.5 Å². The maximum Gasteiger partial charge on any atom is 0.272 e. The number of aromatic nitrogens is 1. The minimum absolute atomic E-state index is 0.0818. The summed E-state index contributed by atoms with van der Waals surface area (Å²) >= 11 is 9.60. The number of rotatable bonds is 2. The largest absolute Gasteiger partial charge is 0.378 e. The van der Waals surface area contributed by atoms with E-state index in [1.54, 1.807) is 0 Å². The molecule has 6 heteroatoms. The van der Waals surface area contributed by atoms with E-state index in [0.29, 0.717) is 37.0 Å². The zero-order valence-electron chi connectivity index (χ0n) is 13.4. The SMILES string of the molecule is O=c1[nH]c2ccc(Br)cc2c(-c2ccc(Cl)cc2)c1N1CCOCC1. The Bertz CT molecular complexity index is 979. The molecule has 1 fully saturated rings. The van der Waals surface area contributed by atoms with Gasteiger partial charge in [-0.1, -0.05) is 39.7 Å². The topological polar surface area (TPSA) is 45.3 Å². The van der Waals surface area contributed by atoms with E-state index in [4.69, 9.17) is 16.3 Å². The third-order valence-electron chi connectivity index (χ3n) is 4.41. The van der Waals surface area contributed by atoms with Gasteiger partial charge in [0.2, 0.25) is 0 Å². The van der Waals surface area contributed by atoms with Crippen LogP contribution in [0.3, 0.4) is 0 Å². The Kier molecular flexibility index (Phi) is 4.54. The molecule has 1 aliphatic rings. The first-order chi connectivity index (χ1) is 12.1. The molecule has 0 saturated carbocycles. The summed E-state index contributed by atoms with van der Waals surface area (Å²) in [6, 6.07) is 13.5. The molecule has 0 bridgehead atoms. The molecule has 0 atom stereocenters. The van der Waals surface area contributed by atoms with E-state index in [1.165, 1.54) is 0 Å². The van der Waals surface area contributed by atoms with Gasteiger partial charge in [0.15, 0.2) is 0 Å². The molecule has 3 aromatic rings. The van der Waals surface area contributed by atoms with Gasteiger partial charge < -0.3 is 14.6 Å². The van der Waals surface area contributed by atoms with E-state index >= 15 is 0 Å². The van der Waals surface area contributed by atoms with Crippen molar-refractivity contribution in [3.05, 3.63) is 62.3 Å². The highest BCUT2D eigenvalue weighted by molar-refractivity contribution is 9.10. The number of pyridine rings is 1. The number of aromatic amines is 1. The summed E-state index contributed by atoms with van der Waals surface area (Å²) in [5.41, 5.74) is 3.33. The number of nitrogens with zero attached hydrogens (tertiary/aromatic N) is 1. The molecule has 128 valence electrons. The minimum atomic E-state index is -0.0818. The van der Waals surface area contributed by atoms with Gasteiger partial charge in [-0.3, -0.25) is 4.79 Å². The van der Waals surface area contributed by atoms with Crippen LogP contribution in [0.4, 0.5) is 5.69 Å². The third-order valence-corrected chi connectivity index (χ3v) is 5.16. The van der Waals surface area contributed by atoms with Crippen LogP contribution in [-0.4, -0.2) is 31.3 Å². The van der Waals surface area contributed by atoms with Crippen LogP contribution < -0.4 is 10.5 Å². The van der Waals surface area contributed by atoms with Gasteiger partial charge >= 0.3 is 0 Å². The van der Waals surface area contributed by atoms with Crippen molar-refractivity contribution in [2.75, 3.05) is 31.2 Å². The zero-order chi connectivity index (χ0) is 17.4. The lowest BCUT2D eigenvalue weighted by Gasteiger charge is -2.30. The molecule has 1 saturated heterocycles. The number of halogens is 2. The third kappa shape index (κ3) is 3.19. The summed E-state index contributed by atoms with van der Waals surface area (Å²) in [6.45, 7) is 2.64. The predicted octanol–water partition coefficient (Wildman–Crippen LogP) is 4.45. The second-order valence-electron chi connectivity index (χ2n) is 5.97. The van der Waals surface area contributed by atoms with Gasteiger partial charge in [-0.05, 0) is 35.9 Å². The van der Waals surface area contributed by atoms with Crippen LogP contribution in [0.15, 0.2) is 51.7 Å². The van der Waals surface area contributed by atoms with Crippen molar-refractivity contribution in [3.8, 4) is 11.1 Å². The quantitative estimate of drug-likeness (QED) is 0.667. The summed E-state index contributed by atoms with van der Waals surface area (Å²) in [6.07, 6.45) is 0. The normalized spacial score (nSPS) is 14.9. The second-order valence-corrected chi connectivity index (χ2v) is 7.33. The lowest BCUT2D eigenvalue weighted by atomic mass is 9.98. The fourth-order valence-corrected chi connectivity index (χ4v) is 3.74. The van der Waals surface area contributed by atoms with E-state index < -0.39 is 0 Å². The highest BCUT2D eigenvalue weighted by Gasteiger charge is 2.22. The Balaban J connectivity index is 2.05. The van der Waals surface area contributed by atoms with Gasteiger partial charge in [0.25, 0.3) is 5.56 Å². The van der Waals surface area contributed by atoms with Crippen LogP contribution in [-0.2, 0) is 4.74 Å². The number of anilines is 1. The van der Waals surface area contributed by atoms with Gasteiger partial charge in [0, 0.05) is 39.1 Å². The van der Waals surface area contributed by atoms with E-state index in [-0.39, 0.29) is 5.56 Å². The van der Waals surface area contributed by atoms with Gasteiger partial charge in [0.1, 0.15) is 5.69 Å². The lowest BCUT2D eigenvalue weighted by molar-refractivity contribution is 0.122. The monoisotopic (exact) mass is 418 g/mol. The molecule has 25 heavy (non-hydrogen) atoms. The molecule has 2 heterocycles. The van der Waals surface area contributed by atoms with E-state index in [1.807, 2.05) is 42.5 Å². The molecule has 0 unspecified atom stereocenters. The van der Waals surface area contributed by atoms with Crippen molar-refractivity contribution >= 4 is 44.1 Å². The first-order valence-corrected chi connectivity index (χ1v) is 9.25. The van der Waals surface area contributed by atoms with Crippen LogP contribution in [0.2, 0.25) is 5.02 Å². The Morgan fingerprint density at radius 1 is 1.08 bits per heavy atom. The van der Waals surface area contributed by atoms with E-state index in [2.05, 4.69) is 25.8 Å². The van der Waals surface area contributed by atoms with Crippen LogP contribution >= 0.6 is 27.5 Å². The van der Waals surface area contributed by atoms with Gasteiger partial charge in [-0.15, -0.1) is 0 Å². The molecule has 1 aliphatic heterocycles. The maximum atomic E-state index is 12.9. The summed E-state index contributed by atoms with van der Waals surface area (Å²) in [7, 11) is 0. The molecule has 0 radical (unpaired) electrons. The fourth-order valence-electron chi connectivity index (χ4n) is 3.25. The number of benzene rings is 2. The fraction of sp³-hybridized carbons (Fsp3) is 0.211. The number of morpholine rings is 1. The van der Waals surface area contributed by atoms with Crippen molar-refractivity contribution in [1.29, 1.82) is 0 Å². The van der Waals surface area contributed by atoms with Crippen LogP contribution in [0.5, 0.6) is 0 Å². The molecule has 0 aliphatic carbocycles. The molecule has 0 spiro atoms. The van der Waals surface area contributed by atoms with Crippen molar-refractivity contribution < 1.29 is 4.74 Å². The summed E-state index contributed by atoms with van der Waals surface area (Å²) in [4.78, 5) is 18.0. The van der Waals surface area contributed by atoms with Gasteiger partial charge in [-0.2, -0.15) is 0 Å². The van der Waals surface area contributed by atoms with E-state index in [9.17, 15) is 4.79 Å². The Hall–Kier alpha value is -1.82. The van der Waals surface area contributed by atoms with Crippen LogP contribution in [0.25, 0.3) is 22.0 Å². The first kappa shape index (κ1) is 16.6. The molecule has 4 nitrogen and oxygen atoms in total. The Morgan fingerprint density at radius 3 is 2.52 bits per heavy atom. The second kappa shape index (κ2) is 6.83. The van der Waals surface area contributed by atoms with Crippen LogP contribution in [0.1, 0.15) is 0 Å². The smallest absolute Gasteiger partial charge is 0.272 e. The molecular weight excluding hydrogens is 404 g/mol.